The summed E-state index contributed by atoms with van der Waals surface area (Å²) in [6, 6.07) is 0.545. The lowest BCUT2D eigenvalue weighted by atomic mass is 9.93. The maximum Gasteiger partial charge on any atom is 0.147 e. The lowest BCUT2D eigenvalue weighted by molar-refractivity contribution is 0.375. The number of aromatic nitrogens is 2. The van der Waals surface area contributed by atoms with Crippen LogP contribution in [0, 0.1) is 5.92 Å². The van der Waals surface area contributed by atoms with Crippen molar-refractivity contribution in [2.24, 2.45) is 5.92 Å². The van der Waals surface area contributed by atoms with Crippen LogP contribution in [0.5, 0.6) is 0 Å². The number of nitrogens with zero attached hydrogens (tertiary/aromatic N) is 3. The lowest BCUT2D eigenvalue weighted by Crippen LogP contribution is -2.40. The zero-order valence-electron chi connectivity index (χ0n) is 9.86. The van der Waals surface area contributed by atoms with E-state index in [1.807, 2.05) is 6.20 Å². The maximum absolute atomic E-state index is 5.78. The van der Waals surface area contributed by atoms with Crippen molar-refractivity contribution in [3.63, 3.8) is 0 Å². The van der Waals surface area contributed by atoms with Crippen LogP contribution in [0.15, 0.2) is 12.4 Å². The highest BCUT2D eigenvalue weighted by Crippen LogP contribution is 2.26. The maximum atomic E-state index is 5.78. The standard InChI is InChI=1S/C12H18ClN3/c1-9-3-4-16(10(2)5-9)12-8-14-7-11(6-13)15-12/h7-10H,3-6H2,1-2H3. The Labute approximate surface area is 102 Å². The van der Waals surface area contributed by atoms with E-state index < -0.39 is 0 Å². The first kappa shape index (κ1) is 11.6. The first-order valence-corrected chi connectivity index (χ1v) is 6.37. The molecule has 0 aromatic carbocycles. The van der Waals surface area contributed by atoms with Gasteiger partial charge in [-0.1, -0.05) is 6.92 Å². The number of anilines is 1. The predicted octanol–water partition coefficient (Wildman–Crippen LogP) is 2.84. The molecule has 1 aliphatic heterocycles. The predicted molar refractivity (Wildman–Crippen MR) is 66.8 cm³/mol. The average Bonchev–Trinajstić information content (AvgIpc) is 2.29. The molecule has 16 heavy (non-hydrogen) atoms. The third-order valence-electron chi connectivity index (χ3n) is 3.24. The summed E-state index contributed by atoms with van der Waals surface area (Å²) in [7, 11) is 0. The van der Waals surface area contributed by atoms with Crippen molar-refractivity contribution < 1.29 is 0 Å². The molecule has 2 heterocycles. The molecule has 1 saturated heterocycles. The van der Waals surface area contributed by atoms with Crippen LogP contribution in [0.2, 0.25) is 0 Å². The van der Waals surface area contributed by atoms with Crippen molar-refractivity contribution in [3.8, 4) is 0 Å². The van der Waals surface area contributed by atoms with Gasteiger partial charge in [-0.05, 0) is 25.7 Å². The van der Waals surface area contributed by atoms with E-state index in [1.54, 1.807) is 6.20 Å². The fourth-order valence-electron chi connectivity index (χ4n) is 2.35. The van der Waals surface area contributed by atoms with E-state index in [1.165, 1.54) is 12.8 Å². The Hall–Kier alpha value is -0.830. The Balaban J connectivity index is 2.16. The largest absolute Gasteiger partial charge is 0.353 e. The summed E-state index contributed by atoms with van der Waals surface area (Å²) in [6.45, 7) is 5.64. The number of alkyl halides is 1. The summed E-state index contributed by atoms with van der Waals surface area (Å²) in [5, 5.41) is 0. The molecule has 1 aliphatic rings. The third-order valence-corrected chi connectivity index (χ3v) is 3.52. The van der Waals surface area contributed by atoms with Gasteiger partial charge < -0.3 is 4.90 Å². The van der Waals surface area contributed by atoms with E-state index in [-0.39, 0.29) is 0 Å². The summed E-state index contributed by atoms with van der Waals surface area (Å²) in [5.41, 5.74) is 0.852. The summed E-state index contributed by atoms with van der Waals surface area (Å²) >= 11 is 5.78. The first-order valence-electron chi connectivity index (χ1n) is 5.84. The smallest absolute Gasteiger partial charge is 0.147 e. The molecule has 0 aliphatic carbocycles. The van der Waals surface area contributed by atoms with Crippen molar-refractivity contribution in [3.05, 3.63) is 18.1 Å². The second-order valence-corrected chi connectivity index (χ2v) is 4.94. The molecule has 0 N–H and O–H groups in total. The Morgan fingerprint density at radius 2 is 2.25 bits per heavy atom. The highest BCUT2D eigenvalue weighted by molar-refractivity contribution is 6.16. The van der Waals surface area contributed by atoms with Crippen LogP contribution in [0.25, 0.3) is 0 Å². The number of hydrogen-bond acceptors (Lipinski definition) is 3. The molecule has 4 heteroatoms. The van der Waals surface area contributed by atoms with Crippen LogP contribution < -0.4 is 4.90 Å². The fourth-order valence-corrected chi connectivity index (χ4v) is 2.47. The van der Waals surface area contributed by atoms with Gasteiger partial charge in [0.25, 0.3) is 0 Å². The van der Waals surface area contributed by atoms with Gasteiger partial charge in [-0.3, -0.25) is 4.98 Å². The van der Waals surface area contributed by atoms with Crippen molar-refractivity contribution in [2.75, 3.05) is 11.4 Å². The number of piperidine rings is 1. The van der Waals surface area contributed by atoms with Gasteiger partial charge in [-0.15, -0.1) is 11.6 Å². The summed E-state index contributed by atoms with van der Waals surface area (Å²) < 4.78 is 0. The van der Waals surface area contributed by atoms with Gasteiger partial charge in [0, 0.05) is 18.8 Å². The van der Waals surface area contributed by atoms with E-state index in [2.05, 4.69) is 28.7 Å². The third kappa shape index (κ3) is 2.46. The minimum atomic E-state index is 0.430. The van der Waals surface area contributed by atoms with Crippen LogP contribution in [0.4, 0.5) is 5.82 Å². The molecule has 1 fully saturated rings. The second-order valence-electron chi connectivity index (χ2n) is 4.67. The molecule has 1 aromatic rings. The Kier molecular flexibility index (Phi) is 3.64. The Bertz CT molecular complexity index is 356. The summed E-state index contributed by atoms with van der Waals surface area (Å²) in [4.78, 5) is 11.1. The normalized spacial score (nSPS) is 25.8. The quantitative estimate of drug-likeness (QED) is 0.744. The summed E-state index contributed by atoms with van der Waals surface area (Å²) in [5.74, 6) is 2.22. The van der Waals surface area contributed by atoms with Gasteiger partial charge in [0.05, 0.1) is 17.8 Å². The van der Waals surface area contributed by atoms with E-state index in [0.29, 0.717) is 11.9 Å². The molecule has 2 rings (SSSR count). The minimum Gasteiger partial charge on any atom is -0.353 e. The first-order chi connectivity index (χ1) is 7.70. The van der Waals surface area contributed by atoms with E-state index in [9.17, 15) is 0 Å². The highest BCUT2D eigenvalue weighted by Gasteiger charge is 2.23. The topological polar surface area (TPSA) is 29.0 Å². The summed E-state index contributed by atoms with van der Waals surface area (Å²) in [6.07, 6.45) is 6.03. The Morgan fingerprint density at radius 1 is 1.44 bits per heavy atom. The van der Waals surface area contributed by atoms with Crippen LogP contribution in [0.3, 0.4) is 0 Å². The van der Waals surface area contributed by atoms with Gasteiger partial charge in [0.2, 0.25) is 0 Å². The van der Waals surface area contributed by atoms with Gasteiger partial charge in [-0.2, -0.15) is 0 Å². The van der Waals surface area contributed by atoms with Crippen molar-refractivity contribution in [1.29, 1.82) is 0 Å². The zero-order valence-corrected chi connectivity index (χ0v) is 10.6. The molecular formula is C12H18ClN3. The van der Waals surface area contributed by atoms with Crippen LogP contribution in [-0.2, 0) is 5.88 Å². The molecule has 2 atom stereocenters. The average molecular weight is 240 g/mol. The number of halogens is 1. The fraction of sp³-hybridized carbons (Fsp3) is 0.667. The van der Waals surface area contributed by atoms with Gasteiger partial charge in [0.15, 0.2) is 0 Å². The molecule has 2 unspecified atom stereocenters. The lowest BCUT2D eigenvalue weighted by Gasteiger charge is -2.37. The molecular weight excluding hydrogens is 222 g/mol. The van der Waals surface area contributed by atoms with Gasteiger partial charge >= 0.3 is 0 Å². The SMILES string of the molecule is CC1CCN(c2cncc(CCl)n2)C(C)C1. The van der Waals surface area contributed by atoms with Crippen molar-refractivity contribution in [2.45, 2.75) is 38.6 Å². The second kappa shape index (κ2) is 5.00. The number of hydrogen-bond donors (Lipinski definition) is 0. The van der Waals surface area contributed by atoms with Gasteiger partial charge in [-0.25, -0.2) is 4.98 Å². The molecule has 0 bridgehead atoms. The van der Waals surface area contributed by atoms with Crippen LogP contribution in [0.1, 0.15) is 32.4 Å². The molecule has 3 nitrogen and oxygen atoms in total. The van der Waals surface area contributed by atoms with Crippen molar-refractivity contribution >= 4 is 17.4 Å². The molecule has 1 aromatic heterocycles. The zero-order chi connectivity index (χ0) is 11.5. The van der Waals surface area contributed by atoms with E-state index >= 15 is 0 Å². The van der Waals surface area contributed by atoms with Crippen molar-refractivity contribution in [1.82, 2.24) is 9.97 Å². The number of rotatable bonds is 2. The highest BCUT2D eigenvalue weighted by atomic mass is 35.5. The monoisotopic (exact) mass is 239 g/mol. The molecule has 0 amide bonds. The Morgan fingerprint density at radius 3 is 2.94 bits per heavy atom. The molecule has 0 radical (unpaired) electrons. The van der Waals surface area contributed by atoms with E-state index in [0.717, 1.165) is 24.0 Å². The minimum absolute atomic E-state index is 0.430. The molecule has 0 saturated carbocycles. The molecule has 0 spiro atoms. The van der Waals surface area contributed by atoms with Crippen LogP contribution >= 0.6 is 11.6 Å². The van der Waals surface area contributed by atoms with Gasteiger partial charge in [0.1, 0.15) is 5.82 Å². The van der Waals surface area contributed by atoms with E-state index in [4.69, 9.17) is 11.6 Å². The molecule has 88 valence electrons. The van der Waals surface area contributed by atoms with Crippen LogP contribution in [-0.4, -0.2) is 22.6 Å².